The Morgan fingerprint density at radius 1 is 1.10 bits per heavy atom. The van der Waals surface area contributed by atoms with Crippen molar-refractivity contribution in [2.75, 3.05) is 0 Å². The number of ether oxygens (including phenoxy) is 1. The minimum Gasteiger partial charge on any atom is -0.479 e. The lowest BCUT2D eigenvalue weighted by molar-refractivity contribution is -0.252. The first-order chi connectivity index (χ1) is 13.7. The summed E-state index contributed by atoms with van der Waals surface area (Å²) in [4.78, 5) is 50.2. The molecule has 29 heavy (non-hydrogen) atoms. The van der Waals surface area contributed by atoms with Crippen LogP contribution in [0, 0.1) is 0 Å². The third kappa shape index (κ3) is 3.08. The zero-order chi connectivity index (χ0) is 21.5. The first-order valence-electron chi connectivity index (χ1n) is 8.83. The molecule has 0 saturated carbocycles. The smallest absolute Gasteiger partial charge is 0.335 e. The van der Waals surface area contributed by atoms with Crippen LogP contribution in [0.4, 0.5) is 4.79 Å². The maximum Gasteiger partial charge on any atom is 0.335 e. The second-order valence-corrected chi connectivity index (χ2v) is 6.82. The van der Waals surface area contributed by atoms with Crippen LogP contribution in [0.3, 0.4) is 0 Å². The molecule has 156 valence electrons. The van der Waals surface area contributed by atoms with Gasteiger partial charge in [-0.2, -0.15) is 0 Å². The fraction of sp³-hybridized carbons (Fsp3) is 0.444. The fourth-order valence-electron chi connectivity index (χ4n) is 3.66. The number of hydrogen-bond acceptors (Lipinski definition) is 8. The molecule has 1 unspecified atom stereocenters. The summed E-state index contributed by atoms with van der Waals surface area (Å²) < 4.78 is 5.11. The SMILES string of the molecule is CC[C@@]1(c2ccccc2)C(=O)NC(=O)N(C2O[C@H](C(=O)O)[C@@H](O)[C@H](O)[C@H]2O)C1=O. The number of benzene rings is 1. The van der Waals surface area contributed by atoms with Crippen LogP contribution in [-0.2, 0) is 24.5 Å². The highest BCUT2D eigenvalue weighted by molar-refractivity contribution is 6.23. The van der Waals surface area contributed by atoms with E-state index in [1.807, 2.05) is 5.32 Å². The van der Waals surface area contributed by atoms with Crippen molar-refractivity contribution < 1.29 is 44.3 Å². The van der Waals surface area contributed by atoms with Gasteiger partial charge in [0, 0.05) is 0 Å². The van der Waals surface area contributed by atoms with Crippen LogP contribution in [0.2, 0.25) is 0 Å². The molecule has 1 aromatic carbocycles. The van der Waals surface area contributed by atoms with Gasteiger partial charge in [-0.15, -0.1) is 0 Å². The van der Waals surface area contributed by atoms with Crippen LogP contribution in [0.15, 0.2) is 30.3 Å². The van der Waals surface area contributed by atoms with Crippen LogP contribution < -0.4 is 5.32 Å². The van der Waals surface area contributed by atoms with Crippen molar-refractivity contribution in [3.63, 3.8) is 0 Å². The molecule has 0 aromatic heterocycles. The van der Waals surface area contributed by atoms with Crippen LogP contribution in [0.5, 0.6) is 0 Å². The molecule has 2 aliphatic heterocycles. The standard InChI is InChI=1S/C18H20N2O9/c1-2-18(8-6-4-3-5-7-8)15(26)19-17(28)20(16(18)27)13-11(23)9(21)10(22)12(29-13)14(24)25/h3-7,9-13,21-23H,2H2,1H3,(H,24,25)(H,19,26,28)/t9-,10-,11+,12-,13?,18+/m0/s1. The summed E-state index contributed by atoms with van der Waals surface area (Å²) in [5.74, 6) is -3.59. The quantitative estimate of drug-likeness (QED) is 0.364. The van der Waals surface area contributed by atoms with E-state index in [1.54, 1.807) is 25.1 Å². The van der Waals surface area contributed by atoms with E-state index in [4.69, 9.17) is 4.74 Å². The molecule has 2 aliphatic rings. The number of urea groups is 1. The molecule has 0 aliphatic carbocycles. The van der Waals surface area contributed by atoms with Gasteiger partial charge in [-0.25, -0.2) is 14.5 Å². The van der Waals surface area contributed by atoms with Gasteiger partial charge in [-0.05, 0) is 12.0 Å². The Balaban J connectivity index is 2.07. The van der Waals surface area contributed by atoms with Crippen LogP contribution in [-0.4, -0.2) is 79.8 Å². The summed E-state index contributed by atoms with van der Waals surface area (Å²) in [5, 5.41) is 41.4. The molecule has 0 bridgehead atoms. The number of aliphatic hydroxyl groups excluding tert-OH is 3. The van der Waals surface area contributed by atoms with Gasteiger partial charge in [0.15, 0.2) is 17.7 Å². The Bertz CT molecular complexity index is 845. The number of nitrogens with one attached hydrogen (secondary N) is 1. The second-order valence-electron chi connectivity index (χ2n) is 6.82. The van der Waals surface area contributed by atoms with E-state index in [0.717, 1.165) is 0 Å². The molecule has 3 rings (SSSR count). The molecule has 4 amide bonds. The summed E-state index contributed by atoms with van der Waals surface area (Å²) in [6.07, 6.45) is -10.0. The van der Waals surface area contributed by atoms with Crippen LogP contribution in [0.1, 0.15) is 18.9 Å². The lowest BCUT2D eigenvalue weighted by atomic mass is 9.74. The number of carbonyl (C=O) groups excluding carboxylic acids is 3. The van der Waals surface area contributed by atoms with Crippen molar-refractivity contribution in [2.24, 2.45) is 0 Å². The topological polar surface area (TPSA) is 174 Å². The Hall–Kier alpha value is -2.86. The zero-order valence-electron chi connectivity index (χ0n) is 15.3. The number of rotatable bonds is 4. The van der Waals surface area contributed by atoms with Gasteiger partial charge >= 0.3 is 12.0 Å². The predicted molar refractivity (Wildman–Crippen MR) is 93.1 cm³/mol. The lowest BCUT2D eigenvalue weighted by Crippen LogP contribution is -2.73. The van der Waals surface area contributed by atoms with Crippen molar-refractivity contribution in [3.05, 3.63) is 35.9 Å². The maximum absolute atomic E-state index is 13.4. The molecule has 11 nitrogen and oxygen atoms in total. The molecule has 2 heterocycles. The van der Waals surface area contributed by atoms with Gasteiger partial charge in [0.1, 0.15) is 18.3 Å². The summed E-state index contributed by atoms with van der Waals surface area (Å²) in [6, 6.07) is 6.67. The second kappa shape index (κ2) is 7.52. The molecular formula is C18H20N2O9. The van der Waals surface area contributed by atoms with Crippen molar-refractivity contribution in [2.45, 2.75) is 49.4 Å². The minimum absolute atomic E-state index is 0.0538. The molecule has 2 saturated heterocycles. The molecule has 0 radical (unpaired) electrons. The minimum atomic E-state index is -2.01. The molecule has 5 N–H and O–H groups in total. The number of barbiturate groups is 1. The Morgan fingerprint density at radius 2 is 1.72 bits per heavy atom. The summed E-state index contributed by atoms with van der Waals surface area (Å²) in [5.41, 5.74) is -1.55. The number of carboxylic acids is 1. The average molecular weight is 408 g/mol. The summed E-state index contributed by atoms with van der Waals surface area (Å²) in [6.45, 7) is 1.55. The monoisotopic (exact) mass is 408 g/mol. The number of carboxylic acid groups (broad SMARTS) is 1. The highest BCUT2D eigenvalue weighted by atomic mass is 16.6. The number of aliphatic hydroxyl groups is 3. The third-order valence-electron chi connectivity index (χ3n) is 5.29. The fourth-order valence-corrected chi connectivity index (χ4v) is 3.66. The van der Waals surface area contributed by atoms with Crippen LogP contribution in [0.25, 0.3) is 0 Å². The van der Waals surface area contributed by atoms with Gasteiger partial charge in [0.25, 0.3) is 5.91 Å². The van der Waals surface area contributed by atoms with Gasteiger partial charge in [0.05, 0.1) is 0 Å². The van der Waals surface area contributed by atoms with E-state index < -0.39 is 59.9 Å². The first kappa shape index (κ1) is 20.9. The Kier molecular flexibility index (Phi) is 5.41. The lowest BCUT2D eigenvalue weighted by Gasteiger charge is -2.47. The van der Waals surface area contributed by atoms with Gasteiger partial charge in [0.2, 0.25) is 5.91 Å². The van der Waals surface area contributed by atoms with E-state index in [-0.39, 0.29) is 12.0 Å². The highest BCUT2D eigenvalue weighted by Crippen LogP contribution is 2.36. The first-order valence-corrected chi connectivity index (χ1v) is 8.83. The van der Waals surface area contributed by atoms with Gasteiger partial charge in [-0.1, -0.05) is 37.3 Å². The number of hydrogen-bond donors (Lipinski definition) is 5. The average Bonchev–Trinajstić information content (AvgIpc) is 2.69. The number of aliphatic carboxylic acids is 1. The Labute approximate surface area is 164 Å². The molecule has 11 heteroatoms. The van der Waals surface area contributed by atoms with Crippen molar-refractivity contribution >= 4 is 23.8 Å². The van der Waals surface area contributed by atoms with E-state index >= 15 is 0 Å². The number of nitrogens with zero attached hydrogens (tertiary/aromatic N) is 1. The highest BCUT2D eigenvalue weighted by Gasteiger charge is 2.59. The third-order valence-corrected chi connectivity index (χ3v) is 5.29. The van der Waals surface area contributed by atoms with Gasteiger partial charge < -0.3 is 25.2 Å². The van der Waals surface area contributed by atoms with E-state index in [9.17, 15) is 39.6 Å². The summed E-state index contributed by atoms with van der Waals surface area (Å²) >= 11 is 0. The van der Waals surface area contributed by atoms with Crippen molar-refractivity contribution in [1.82, 2.24) is 10.2 Å². The maximum atomic E-state index is 13.4. The Morgan fingerprint density at radius 3 is 2.28 bits per heavy atom. The van der Waals surface area contributed by atoms with E-state index in [2.05, 4.69) is 0 Å². The van der Waals surface area contributed by atoms with E-state index in [1.165, 1.54) is 12.1 Å². The van der Waals surface area contributed by atoms with Crippen molar-refractivity contribution in [1.29, 1.82) is 0 Å². The molecule has 6 atom stereocenters. The summed E-state index contributed by atoms with van der Waals surface area (Å²) in [7, 11) is 0. The number of amides is 4. The zero-order valence-corrected chi connectivity index (χ0v) is 15.3. The number of imide groups is 2. The normalized spacial score (nSPS) is 35.4. The van der Waals surface area contributed by atoms with Crippen molar-refractivity contribution in [3.8, 4) is 0 Å². The molecule has 0 spiro atoms. The van der Waals surface area contributed by atoms with Crippen LogP contribution >= 0.6 is 0 Å². The molecule has 1 aromatic rings. The molecule has 2 fully saturated rings. The largest absolute Gasteiger partial charge is 0.479 e. The van der Waals surface area contributed by atoms with Gasteiger partial charge in [-0.3, -0.25) is 14.9 Å². The number of carbonyl (C=O) groups is 4. The molecular weight excluding hydrogens is 388 g/mol. The van der Waals surface area contributed by atoms with E-state index in [0.29, 0.717) is 4.90 Å². The predicted octanol–water partition coefficient (Wildman–Crippen LogP) is -1.69.